The van der Waals surface area contributed by atoms with Gasteiger partial charge in [0.1, 0.15) is 0 Å². The van der Waals surface area contributed by atoms with E-state index in [9.17, 15) is 14.7 Å². The van der Waals surface area contributed by atoms with E-state index in [0.29, 0.717) is 25.3 Å². The number of nitrogens with zero attached hydrogens (tertiary/aromatic N) is 1. The van der Waals surface area contributed by atoms with Crippen molar-refractivity contribution >= 4 is 12.0 Å². The van der Waals surface area contributed by atoms with E-state index in [1.165, 1.54) is 0 Å². The number of aliphatic carboxylic acids is 1. The Morgan fingerprint density at radius 3 is 2.36 bits per heavy atom. The Kier molecular flexibility index (Phi) is 6.45. The standard InChI is InChI=1S/C20H30N2O3/c1-15(2)22(13-17-7-5-4-6-8-17)19(25)21-14-20(18(23)24)11-9-16(3)10-12-20/h4-8,15-16H,9-14H2,1-3H3,(H,21,25)(H,23,24). The fourth-order valence-electron chi connectivity index (χ4n) is 3.40. The molecule has 5 nitrogen and oxygen atoms in total. The van der Waals surface area contributed by atoms with Crippen molar-refractivity contribution in [2.24, 2.45) is 11.3 Å². The van der Waals surface area contributed by atoms with Crippen molar-refractivity contribution in [3.05, 3.63) is 35.9 Å². The largest absolute Gasteiger partial charge is 0.481 e. The van der Waals surface area contributed by atoms with Crippen molar-refractivity contribution in [3.63, 3.8) is 0 Å². The van der Waals surface area contributed by atoms with Gasteiger partial charge in [0.2, 0.25) is 0 Å². The molecule has 0 radical (unpaired) electrons. The van der Waals surface area contributed by atoms with E-state index in [0.717, 1.165) is 18.4 Å². The Bertz CT molecular complexity index is 578. The number of carbonyl (C=O) groups is 2. The number of hydrogen-bond acceptors (Lipinski definition) is 2. The number of carboxylic acid groups (broad SMARTS) is 1. The van der Waals surface area contributed by atoms with Crippen LogP contribution in [-0.2, 0) is 11.3 Å². The average Bonchev–Trinajstić information content (AvgIpc) is 2.59. The molecular weight excluding hydrogens is 316 g/mol. The normalized spacial score (nSPS) is 23.3. The summed E-state index contributed by atoms with van der Waals surface area (Å²) in [5.74, 6) is -0.229. The highest BCUT2D eigenvalue weighted by molar-refractivity contribution is 5.78. The van der Waals surface area contributed by atoms with Gasteiger partial charge in [0, 0.05) is 19.1 Å². The molecule has 2 rings (SSSR count). The maximum absolute atomic E-state index is 12.7. The summed E-state index contributed by atoms with van der Waals surface area (Å²) in [6, 6.07) is 9.67. The second-order valence-electron chi connectivity index (χ2n) is 7.63. The third kappa shape index (κ3) is 4.97. The highest BCUT2D eigenvalue weighted by Crippen LogP contribution is 2.38. The van der Waals surface area contributed by atoms with Gasteiger partial charge in [-0.3, -0.25) is 4.79 Å². The number of rotatable bonds is 6. The third-order valence-corrected chi connectivity index (χ3v) is 5.34. The van der Waals surface area contributed by atoms with Crippen molar-refractivity contribution in [1.82, 2.24) is 10.2 Å². The lowest BCUT2D eigenvalue weighted by Crippen LogP contribution is -2.50. The summed E-state index contributed by atoms with van der Waals surface area (Å²) in [5, 5.41) is 12.6. The summed E-state index contributed by atoms with van der Waals surface area (Å²) in [6.45, 7) is 6.81. The van der Waals surface area contributed by atoms with Crippen molar-refractivity contribution < 1.29 is 14.7 Å². The van der Waals surface area contributed by atoms with E-state index in [1.807, 2.05) is 44.2 Å². The van der Waals surface area contributed by atoms with Crippen molar-refractivity contribution in [2.75, 3.05) is 6.54 Å². The molecule has 1 fully saturated rings. The van der Waals surface area contributed by atoms with Crippen LogP contribution in [0.15, 0.2) is 30.3 Å². The van der Waals surface area contributed by atoms with Gasteiger partial charge in [-0.25, -0.2) is 4.79 Å². The SMILES string of the molecule is CC1CCC(CNC(=O)N(Cc2ccccc2)C(C)C)(C(=O)O)CC1. The lowest BCUT2D eigenvalue weighted by atomic mass is 9.71. The molecule has 5 heteroatoms. The monoisotopic (exact) mass is 346 g/mol. The van der Waals surface area contributed by atoms with Gasteiger partial charge >= 0.3 is 12.0 Å². The molecule has 0 spiro atoms. The topological polar surface area (TPSA) is 69.6 Å². The Morgan fingerprint density at radius 1 is 1.24 bits per heavy atom. The van der Waals surface area contributed by atoms with Crippen LogP contribution in [0.1, 0.15) is 52.0 Å². The molecule has 138 valence electrons. The third-order valence-electron chi connectivity index (χ3n) is 5.34. The van der Waals surface area contributed by atoms with E-state index in [2.05, 4.69) is 12.2 Å². The number of amides is 2. The highest BCUT2D eigenvalue weighted by atomic mass is 16.4. The lowest BCUT2D eigenvalue weighted by molar-refractivity contribution is -0.151. The summed E-state index contributed by atoms with van der Waals surface area (Å²) in [4.78, 5) is 26.3. The van der Waals surface area contributed by atoms with E-state index < -0.39 is 11.4 Å². The summed E-state index contributed by atoms with van der Waals surface area (Å²) in [5.41, 5.74) is 0.239. The van der Waals surface area contributed by atoms with Gasteiger partial charge in [0.25, 0.3) is 0 Å². The molecule has 25 heavy (non-hydrogen) atoms. The van der Waals surface area contributed by atoms with Crippen LogP contribution in [0, 0.1) is 11.3 Å². The minimum Gasteiger partial charge on any atom is -0.481 e. The molecule has 1 aliphatic carbocycles. The minimum atomic E-state index is -0.822. The highest BCUT2D eigenvalue weighted by Gasteiger charge is 2.41. The molecule has 1 aromatic carbocycles. The van der Waals surface area contributed by atoms with Gasteiger partial charge in [-0.15, -0.1) is 0 Å². The average molecular weight is 346 g/mol. The molecule has 0 atom stereocenters. The fraction of sp³-hybridized carbons (Fsp3) is 0.600. The second kappa shape index (κ2) is 8.37. The zero-order valence-electron chi connectivity index (χ0n) is 15.5. The van der Waals surface area contributed by atoms with Crippen LogP contribution in [0.25, 0.3) is 0 Å². The van der Waals surface area contributed by atoms with Gasteiger partial charge < -0.3 is 15.3 Å². The molecule has 0 aromatic heterocycles. The van der Waals surface area contributed by atoms with Crippen molar-refractivity contribution in [2.45, 2.75) is 59.0 Å². The Balaban J connectivity index is 2.01. The van der Waals surface area contributed by atoms with Crippen LogP contribution >= 0.6 is 0 Å². The summed E-state index contributed by atoms with van der Waals surface area (Å²) in [6.07, 6.45) is 3.06. The number of carbonyl (C=O) groups excluding carboxylic acids is 1. The quantitative estimate of drug-likeness (QED) is 0.821. The molecule has 1 aliphatic rings. The zero-order valence-corrected chi connectivity index (χ0v) is 15.5. The predicted octanol–water partition coefficient (Wildman–Crippen LogP) is 3.89. The van der Waals surface area contributed by atoms with Crippen molar-refractivity contribution in [3.8, 4) is 0 Å². The lowest BCUT2D eigenvalue weighted by Gasteiger charge is -2.37. The zero-order chi connectivity index (χ0) is 18.4. The second-order valence-corrected chi connectivity index (χ2v) is 7.63. The molecule has 0 aliphatic heterocycles. The maximum Gasteiger partial charge on any atom is 0.317 e. The first-order chi connectivity index (χ1) is 11.8. The first kappa shape index (κ1) is 19.3. The minimum absolute atomic E-state index is 0.0346. The van der Waals surface area contributed by atoms with Crippen LogP contribution in [-0.4, -0.2) is 34.6 Å². The smallest absolute Gasteiger partial charge is 0.317 e. The van der Waals surface area contributed by atoms with E-state index >= 15 is 0 Å². The maximum atomic E-state index is 12.7. The molecule has 0 unspecified atom stereocenters. The number of urea groups is 1. The Hall–Kier alpha value is -2.04. The van der Waals surface area contributed by atoms with E-state index in [4.69, 9.17) is 0 Å². The van der Waals surface area contributed by atoms with Gasteiger partial charge in [-0.05, 0) is 51.0 Å². The van der Waals surface area contributed by atoms with E-state index in [1.54, 1.807) is 4.90 Å². The van der Waals surface area contributed by atoms with Crippen LogP contribution < -0.4 is 5.32 Å². The number of nitrogens with one attached hydrogen (secondary N) is 1. The number of hydrogen-bond donors (Lipinski definition) is 2. The van der Waals surface area contributed by atoms with Gasteiger partial charge in [-0.1, -0.05) is 37.3 Å². The Morgan fingerprint density at radius 2 is 1.84 bits per heavy atom. The molecular formula is C20H30N2O3. The number of benzene rings is 1. The molecule has 1 aromatic rings. The van der Waals surface area contributed by atoms with Crippen LogP contribution in [0.3, 0.4) is 0 Å². The first-order valence-electron chi connectivity index (χ1n) is 9.16. The molecule has 0 saturated heterocycles. The fourth-order valence-corrected chi connectivity index (χ4v) is 3.40. The summed E-state index contributed by atoms with van der Waals surface area (Å²) < 4.78 is 0. The molecule has 2 N–H and O–H groups in total. The molecule has 1 saturated carbocycles. The van der Waals surface area contributed by atoms with E-state index in [-0.39, 0.29) is 18.6 Å². The summed E-state index contributed by atoms with van der Waals surface area (Å²) >= 11 is 0. The van der Waals surface area contributed by atoms with Gasteiger partial charge in [0.05, 0.1) is 5.41 Å². The van der Waals surface area contributed by atoms with Crippen LogP contribution in [0.2, 0.25) is 0 Å². The predicted molar refractivity (Wildman–Crippen MR) is 98.2 cm³/mol. The van der Waals surface area contributed by atoms with Gasteiger partial charge in [-0.2, -0.15) is 0 Å². The molecule has 0 bridgehead atoms. The Labute approximate surface area is 150 Å². The summed E-state index contributed by atoms with van der Waals surface area (Å²) in [7, 11) is 0. The van der Waals surface area contributed by atoms with Crippen molar-refractivity contribution in [1.29, 1.82) is 0 Å². The molecule has 0 heterocycles. The molecule has 2 amide bonds. The van der Waals surface area contributed by atoms with Crippen LogP contribution in [0.5, 0.6) is 0 Å². The van der Waals surface area contributed by atoms with Crippen LogP contribution in [0.4, 0.5) is 4.79 Å². The first-order valence-corrected chi connectivity index (χ1v) is 9.16. The number of carboxylic acids is 1. The van der Waals surface area contributed by atoms with Gasteiger partial charge in [0.15, 0.2) is 0 Å².